The Balaban J connectivity index is 0.000000158. The zero-order valence-electron chi connectivity index (χ0n) is 30.1. The molecule has 0 bridgehead atoms. The highest BCUT2D eigenvalue weighted by atomic mass is 35.5. The van der Waals surface area contributed by atoms with Crippen molar-refractivity contribution in [1.82, 2.24) is 28.7 Å². The number of imidazole rings is 3. The quantitative estimate of drug-likeness (QED) is 0.0963. The number of benzene rings is 4. The molecule has 0 unspecified atom stereocenters. The summed E-state index contributed by atoms with van der Waals surface area (Å²) >= 11 is 12.6. The van der Waals surface area contributed by atoms with Gasteiger partial charge in [0.15, 0.2) is 5.16 Å². The summed E-state index contributed by atoms with van der Waals surface area (Å²) in [5.74, 6) is 3.18. The maximum Gasteiger partial charge on any atom is 0.169 e. The van der Waals surface area contributed by atoms with E-state index in [0.717, 1.165) is 67.5 Å². The van der Waals surface area contributed by atoms with E-state index in [1.807, 2.05) is 105 Å². The van der Waals surface area contributed by atoms with E-state index in [2.05, 4.69) is 68.7 Å². The van der Waals surface area contributed by atoms with Crippen LogP contribution in [0.3, 0.4) is 0 Å². The molecule has 0 aliphatic carbocycles. The van der Waals surface area contributed by atoms with Gasteiger partial charge < -0.3 is 18.6 Å². The highest BCUT2D eigenvalue weighted by Crippen LogP contribution is 2.28. The molecule has 0 fully saturated rings. The van der Waals surface area contributed by atoms with Crippen LogP contribution in [0.4, 0.5) is 10.1 Å². The monoisotopic (exact) mass is 738 g/mol. The maximum atomic E-state index is 9.96. The third kappa shape index (κ3) is 9.13. The van der Waals surface area contributed by atoms with Crippen molar-refractivity contribution in [2.75, 3.05) is 19.1 Å². The van der Waals surface area contributed by atoms with Crippen molar-refractivity contribution in [3.8, 4) is 22.5 Å². The van der Waals surface area contributed by atoms with Crippen LogP contribution in [0.1, 0.15) is 18.6 Å². The lowest BCUT2D eigenvalue weighted by Gasteiger charge is -2.10. The number of hydrogen-bond donors (Lipinski definition) is 0. The van der Waals surface area contributed by atoms with E-state index in [9.17, 15) is 4.39 Å². The van der Waals surface area contributed by atoms with E-state index < -0.39 is 7.15 Å². The largest absolute Gasteiger partial charge is 0.339 e. The SMILES string of the molecule is CN1C(=S)Cc2ccccc21.Cn1cc(-c2ccccc2)nc1CCl.Cn1cc(-c2ccccc2)nc1CSc1nc2ccccc2n1C.[2H]CF. The first-order valence-corrected chi connectivity index (χ1v) is 18.1. The summed E-state index contributed by atoms with van der Waals surface area (Å²) in [6.07, 6.45) is 5.01. The molecule has 0 saturated heterocycles. The van der Waals surface area contributed by atoms with Gasteiger partial charge in [-0.15, -0.1) is 11.6 Å². The first-order chi connectivity index (χ1) is 25.2. The Hall–Kier alpha value is -4.77. The molecule has 1 aliphatic rings. The summed E-state index contributed by atoms with van der Waals surface area (Å²) < 4.78 is 21.7. The van der Waals surface area contributed by atoms with Gasteiger partial charge in [0.05, 0.1) is 47.6 Å². The van der Waals surface area contributed by atoms with Gasteiger partial charge in [-0.25, -0.2) is 15.0 Å². The van der Waals surface area contributed by atoms with E-state index >= 15 is 0 Å². The minimum atomic E-state index is -1.00. The number of nitrogens with zero attached hydrogens (tertiary/aromatic N) is 7. The van der Waals surface area contributed by atoms with Crippen molar-refractivity contribution in [2.45, 2.75) is 23.2 Å². The molecule has 11 heteroatoms. The Morgan fingerprint density at radius 2 is 1.27 bits per heavy atom. The lowest BCUT2D eigenvalue weighted by molar-refractivity contribution is 0.636. The van der Waals surface area contributed by atoms with Gasteiger partial charge in [0.2, 0.25) is 0 Å². The minimum absolute atomic E-state index is 0.448. The van der Waals surface area contributed by atoms with Crippen molar-refractivity contribution in [1.29, 1.82) is 0 Å². The molecule has 51 heavy (non-hydrogen) atoms. The number of alkyl halides is 2. The molecular weight excluding hydrogens is 697 g/mol. The van der Waals surface area contributed by atoms with Gasteiger partial charge in [-0.1, -0.05) is 115 Å². The summed E-state index contributed by atoms with van der Waals surface area (Å²) in [6.45, 7) is 0. The van der Waals surface area contributed by atoms with Crippen LogP contribution < -0.4 is 4.90 Å². The average molecular weight is 739 g/mol. The molecular formula is C40H41ClFN7S2. The van der Waals surface area contributed by atoms with Gasteiger partial charge in [0.25, 0.3) is 0 Å². The second kappa shape index (κ2) is 17.9. The Kier molecular flexibility index (Phi) is 12.7. The summed E-state index contributed by atoms with van der Waals surface area (Å²) in [4.78, 5) is 17.0. The number of aromatic nitrogens is 6. The predicted octanol–water partition coefficient (Wildman–Crippen LogP) is 9.68. The molecule has 0 radical (unpaired) electrons. The lowest BCUT2D eigenvalue weighted by Crippen LogP contribution is -2.18. The van der Waals surface area contributed by atoms with Gasteiger partial charge in [-0.3, -0.25) is 4.39 Å². The summed E-state index contributed by atoms with van der Waals surface area (Å²) in [6, 6.07) is 36.9. The predicted molar refractivity (Wildman–Crippen MR) is 215 cm³/mol. The van der Waals surface area contributed by atoms with Crippen LogP contribution in [0.5, 0.6) is 0 Å². The fraction of sp³-hybridized carbons (Fsp3) is 0.200. The van der Waals surface area contributed by atoms with E-state index in [-0.39, 0.29) is 0 Å². The number of fused-ring (bicyclic) bond motifs is 2. The van der Waals surface area contributed by atoms with Crippen LogP contribution in [-0.4, -0.2) is 47.8 Å². The minimum Gasteiger partial charge on any atom is -0.339 e. The van der Waals surface area contributed by atoms with Crippen molar-refractivity contribution in [3.63, 3.8) is 0 Å². The molecule has 0 N–H and O–H groups in total. The molecule has 7 aromatic rings. The van der Waals surface area contributed by atoms with E-state index in [1.54, 1.807) is 11.8 Å². The van der Waals surface area contributed by atoms with E-state index in [4.69, 9.17) is 35.2 Å². The molecule has 4 aromatic carbocycles. The fourth-order valence-electron chi connectivity index (χ4n) is 5.55. The molecule has 0 saturated carbocycles. The number of anilines is 1. The first-order valence-electron chi connectivity index (χ1n) is 16.9. The number of thioether (sulfide) groups is 1. The zero-order valence-corrected chi connectivity index (χ0v) is 31.5. The Labute approximate surface area is 315 Å². The molecule has 3 aromatic heterocycles. The van der Waals surface area contributed by atoms with Crippen LogP contribution in [0.25, 0.3) is 33.5 Å². The highest BCUT2D eigenvalue weighted by Gasteiger charge is 2.19. The van der Waals surface area contributed by atoms with Crippen LogP contribution >= 0.6 is 35.6 Å². The van der Waals surface area contributed by atoms with E-state index in [0.29, 0.717) is 5.88 Å². The topological polar surface area (TPSA) is 56.7 Å². The molecule has 1 aliphatic heterocycles. The fourth-order valence-corrected chi connectivity index (χ4v) is 7.03. The zero-order chi connectivity index (χ0) is 37.0. The smallest absolute Gasteiger partial charge is 0.169 e. The first kappa shape index (κ1) is 36.0. The number of halogens is 2. The average Bonchev–Trinajstić information content (AvgIpc) is 3.92. The molecule has 262 valence electrons. The third-order valence-electron chi connectivity index (χ3n) is 8.35. The molecule has 0 amide bonds. The number of likely N-dealkylation sites (N-methyl/N-ethyl adjacent to an activating group) is 1. The molecule has 8 rings (SSSR count). The summed E-state index contributed by atoms with van der Waals surface area (Å²) in [7, 11) is 7.08. The Morgan fingerprint density at radius 1 is 0.745 bits per heavy atom. The van der Waals surface area contributed by atoms with Gasteiger partial charge in [0.1, 0.15) is 11.6 Å². The Bertz CT molecular complexity index is 2200. The van der Waals surface area contributed by atoms with Crippen molar-refractivity contribution >= 4 is 57.3 Å². The highest BCUT2D eigenvalue weighted by molar-refractivity contribution is 7.98. The normalized spacial score (nSPS) is 11.8. The van der Waals surface area contributed by atoms with Crippen LogP contribution in [0.15, 0.2) is 127 Å². The van der Waals surface area contributed by atoms with Crippen LogP contribution in [0, 0.1) is 0 Å². The number of aryl methyl sites for hydroxylation is 3. The number of thiocarbonyl (C=S) groups is 1. The number of hydrogen-bond acceptors (Lipinski definition) is 5. The van der Waals surface area contributed by atoms with Gasteiger partial charge >= 0.3 is 0 Å². The molecule has 0 spiro atoms. The molecule has 4 heterocycles. The number of rotatable bonds is 6. The van der Waals surface area contributed by atoms with E-state index in [1.165, 1.54) is 11.3 Å². The van der Waals surface area contributed by atoms with Crippen molar-refractivity contribution in [3.05, 3.63) is 139 Å². The molecule has 7 nitrogen and oxygen atoms in total. The standard InChI is InChI=1S/C19H18N4S.C11H11ClN2.C9H9NS.CH3F/c1-22-12-16(14-8-4-3-5-9-14)20-18(22)13-24-19-21-15-10-6-7-11-17(15)23(19)2;1-14-8-10(13-11(14)7-12)9-5-3-2-4-6-9;1-10-8-5-3-2-4-7(8)6-9(10)11;1-2/h3-12H,13H2,1-2H3;2-6,8H,7H2,1H3;2-5H,6H2,1H3;1H3/i;;;1D. The second-order valence-corrected chi connectivity index (χ2v) is 13.3. The van der Waals surface area contributed by atoms with Crippen LogP contribution in [0.2, 0.25) is 0 Å². The summed E-state index contributed by atoms with van der Waals surface area (Å²) in [5.41, 5.74) is 9.06. The molecule has 0 atom stereocenters. The van der Waals surface area contributed by atoms with Gasteiger partial charge in [0, 0.05) is 63.8 Å². The van der Waals surface area contributed by atoms with Crippen molar-refractivity contribution in [2.24, 2.45) is 21.1 Å². The van der Waals surface area contributed by atoms with Crippen LogP contribution in [-0.2, 0) is 39.2 Å². The number of para-hydroxylation sites is 3. The van der Waals surface area contributed by atoms with Gasteiger partial charge in [-0.05, 0) is 23.8 Å². The third-order valence-corrected chi connectivity index (χ3v) is 10.0. The Morgan fingerprint density at radius 3 is 1.84 bits per heavy atom. The second-order valence-electron chi connectivity index (χ2n) is 11.7. The van der Waals surface area contributed by atoms with Gasteiger partial charge in [-0.2, -0.15) is 0 Å². The summed E-state index contributed by atoms with van der Waals surface area (Å²) in [5, 5.41) is 1.01. The maximum absolute atomic E-state index is 9.96. The lowest BCUT2D eigenvalue weighted by atomic mass is 10.2. The van der Waals surface area contributed by atoms with Crippen molar-refractivity contribution < 1.29 is 5.76 Å².